The molecule has 216 valence electrons. The number of halogens is 4. The Labute approximate surface area is 232 Å². The molecular formula is C26H27ClF3N3O7. The number of carbonyl (C=O) groups excluding carboxylic acids is 1. The van der Waals surface area contributed by atoms with Gasteiger partial charge in [-0.1, -0.05) is 62.7 Å². The number of hydrogen-bond donors (Lipinski definition) is 1. The van der Waals surface area contributed by atoms with E-state index in [0.717, 1.165) is 18.1 Å². The van der Waals surface area contributed by atoms with E-state index >= 15 is 0 Å². The van der Waals surface area contributed by atoms with Gasteiger partial charge in [-0.2, -0.15) is 13.2 Å². The van der Waals surface area contributed by atoms with Gasteiger partial charge in [-0.05, 0) is 34.8 Å². The zero-order chi connectivity index (χ0) is 29.8. The smallest absolute Gasteiger partial charge is 0.430 e. The summed E-state index contributed by atoms with van der Waals surface area (Å²) in [4.78, 5) is 28.6. The fourth-order valence-corrected chi connectivity index (χ4v) is 4.29. The molecule has 1 aliphatic rings. The second kappa shape index (κ2) is 12.0. The molecule has 2 aromatic carbocycles. The van der Waals surface area contributed by atoms with Gasteiger partial charge in [-0.25, -0.2) is 9.59 Å². The number of carboxylic acids is 1. The molecule has 10 nitrogen and oxygen atoms in total. The fraction of sp³-hybridized carbons (Fsp3) is 0.385. The molecule has 0 amide bonds. The fourth-order valence-electron chi connectivity index (χ4n) is 3.83. The van der Waals surface area contributed by atoms with Crippen molar-refractivity contribution in [3.63, 3.8) is 0 Å². The minimum absolute atomic E-state index is 0.0361. The molecular weight excluding hydrogens is 559 g/mol. The molecule has 0 radical (unpaired) electrons. The Balaban J connectivity index is 1.71. The SMILES string of the molecule is CN([C@@H](Cc1ccccc1)C(=O)O)/[N+]([O-])=N/OCOC(=O)C1=Cc2cc(Cl)c(C(C)(C)C)cc2O[C@@H]1C(F)(F)F. The van der Waals surface area contributed by atoms with Crippen molar-refractivity contribution in [2.24, 2.45) is 5.28 Å². The lowest BCUT2D eigenvalue weighted by molar-refractivity contribution is -0.711. The van der Waals surface area contributed by atoms with Gasteiger partial charge in [0.15, 0.2) is 6.04 Å². The highest BCUT2D eigenvalue weighted by molar-refractivity contribution is 6.31. The number of nitrogens with zero attached hydrogens (tertiary/aromatic N) is 3. The molecule has 1 N–H and O–H groups in total. The maximum absolute atomic E-state index is 13.8. The molecule has 0 aliphatic carbocycles. The van der Waals surface area contributed by atoms with Gasteiger partial charge in [0.1, 0.15) is 5.75 Å². The average Bonchev–Trinajstić information content (AvgIpc) is 2.87. The maximum Gasteiger partial charge on any atom is 0.430 e. The van der Waals surface area contributed by atoms with E-state index in [1.165, 1.54) is 12.1 Å². The van der Waals surface area contributed by atoms with Crippen LogP contribution in [0.15, 0.2) is 53.3 Å². The van der Waals surface area contributed by atoms with E-state index in [1.54, 1.807) is 30.3 Å². The topological polar surface area (TPSA) is 124 Å². The standard InChI is InChI=1S/C26H27ClF3N3O7/c1-25(2,3)18-13-21-16(12-19(18)27)11-17(22(40-21)26(28,29)30)24(36)38-14-39-31-33(37)32(4)20(23(34)35)10-15-8-6-5-7-9-15/h5-9,11-13,20,22H,10,14H2,1-4H3,(H,34,35)/b33-31-/t20-,22-/m0/s1. The molecule has 0 bridgehead atoms. The molecule has 2 atom stereocenters. The Morgan fingerprint density at radius 1 is 1.23 bits per heavy atom. The van der Waals surface area contributed by atoms with E-state index in [1.807, 2.05) is 20.8 Å². The van der Waals surface area contributed by atoms with Gasteiger partial charge in [0.25, 0.3) is 6.79 Å². The summed E-state index contributed by atoms with van der Waals surface area (Å²) < 4.78 is 51.3. The highest BCUT2D eigenvalue weighted by Gasteiger charge is 2.49. The molecule has 0 aromatic heterocycles. The van der Waals surface area contributed by atoms with Crippen molar-refractivity contribution in [3.8, 4) is 5.75 Å². The summed E-state index contributed by atoms with van der Waals surface area (Å²) in [5.41, 5.74) is -0.00805. The average molecular weight is 586 g/mol. The number of carboxylic acid groups (broad SMARTS) is 1. The van der Waals surface area contributed by atoms with Crippen molar-refractivity contribution in [2.75, 3.05) is 13.8 Å². The first kappa shape index (κ1) is 30.5. The second-order valence-corrected chi connectivity index (χ2v) is 10.3. The highest BCUT2D eigenvalue weighted by atomic mass is 35.5. The number of hydrazine groups is 1. The van der Waals surface area contributed by atoms with E-state index in [2.05, 4.69) is 10.1 Å². The molecule has 0 fully saturated rings. The van der Waals surface area contributed by atoms with E-state index in [-0.39, 0.29) is 27.7 Å². The lowest BCUT2D eigenvalue weighted by Crippen LogP contribution is -2.44. The van der Waals surface area contributed by atoms with Crippen LogP contribution in [0.2, 0.25) is 5.02 Å². The van der Waals surface area contributed by atoms with Gasteiger partial charge >= 0.3 is 18.1 Å². The molecule has 3 rings (SSSR count). The van der Waals surface area contributed by atoms with Crippen molar-refractivity contribution in [1.82, 2.24) is 5.01 Å². The van der Waals surface area contributed by atoms with Crippen LogP contribution in [0.1, 0.15) is 37.5 Å². The lowest BCUT2D eigenvalue weighted by atomic mass is 9.85. The van der Waals surface area contributed by atoms with E-state index in [0.29, 0.717) is 11.1 Å². The molecule has 0 spiro atoms. The monoisotopic (exact) mass is 585 g/mol. The largest absolute Gasteiger partial charge is 0.569 e. The molecule has 14 heteroatoms. The third kappa shape index (κ3) is 7.34. The van der Waals surface area contributed by atoms with E-state index < -0.39 is 48.0 Å². The molecule has 0 unspecified atom stereocenters. The summed E-state index contributed by atoms with van der Waals surface area (Å²) in [5, 5.41) is 25.8. The van der Waals surface area contributed by atoms with Crippen LogP contribution in [-0.4, -0.2) is 59.2 Å². The van der Waals surface area contributed by atoms with Crippen LogP contribution in [0.25, 0.3) is 6.08 Å². The van der Waals surface area contributed by atoms with Crippen molar-refractivity contribution < 1.29 is 47.1 Å². The van der Waals surface area contributed by atoms with E-state index in [9.17, 15) is 33.1 Å². The summed E-state index contributed by atoms with van der Waals surface area (Å²) in [5.74, 6) is -2.85. The number of fused-ring (bicyclic) bond motifs is 1. The molecule has 1 aliphatic heterocycles. The first-order chi connectivity index (χ1) is 18.6. The van der Waals surface area contributed by atoms with Crippen molar-refractivity contribution in [2.45, 2.75) is 50.9 Å². The Morgan fingerprint density at radius 3 is 2.45 bits per heavy atom. The summed E-state index contributed by atoms with van der Waals surface area (Å²) in [6, 6.07) is 9.99. The minimum Gasteiger partial charge on any atom is -0.569 e. The normalized spacial score (nSPS) is 16.2. The zero-order valence-corrected chi connectivity index (χ0v) is 22.7. The predicted octanol–water partition coefficient (Wildman–Crippen LogP) is 5.28. The minimum atomic E-state index is -4.96. The van der Waals surface area contributed by atoms with Gasteiger partial charge in [0.2, 0.25) is 11.4 Å². The Hall–Kier alpha value is -4.00. The summed E-state index contributed by atoms with van der Waals surface area (Å²) in [6.45, 7) is 4.46. The highest BCUT2D eigenvalue weighted by Crippen LogP contribution is 2.42. The third-order valence-corrected chi connectivity index (χ3v) is 6.24. The van der Waals surface area contributed by atoms with Crippen LogP contribution >= 0.6 is 11.6 Å². The van der Waals surface area contributed by atoms with Crippen LogP contribution in [0.4, 0.5) is 13.2 Å². The molecule has 1 heterocycles. The van der Waals surface area contributed by atoms with Gasteiger partial charge < -0.3 is 24.6 Å². The predicted molar refractivity (Wildman–Crippen MR) is 136 cm³/mol. The molecule has 0 saturated heterocycles. The van der Waals surface area contributed by atoms with Gasteiger partial charge in [0, 0.05) is 17.0 Å². The molecule has 2 aromatic rings. The number of aliphatic carboxylic acids is 1. The quantitative estimate of drug-likeness (QED) is 0.105. The number of benzene rings is 2. The number of likely N-dealkylation sites (N-methyl/N-ethyl adjacent to an activating group) is 1. The maximum atomic E-state index is 13.8. The zero-order valence-electron chi connectivity index (χ0n) is 21.9. The number of alkyl halides is 3. The third-order valence-electron chi connectivity index (χ3n) is 5.93. The Kier molecular flexibility index (Phi) is 9.18. The Bertz CT molecular complexity index is 1310. The number of ether oxygens (including phenoxy) is 2. The lowest BCUT2D eigenvalue weighted by Gasteiger charge is -2.30. The number of carbonyl (C=O) groups is 2. The Morgan fingerprint density at radius 2 is 1.88 bits per heavy atom. The van der Waals surface area contributed by atoms with Gasteiger partial charge in [0.05, 0.1) is 17.6 Å². The number of rotatable bonds is 9. The number of esters is 1. The summed E-state index contributed by atoms with van der Waals surface area (Å²) in [7, 11) is 1.15. The van der Waals surface area contributed by atoms with Crippen LogP contribution in [0.3, 0.4) is 0 Å². The van der Waals surface area contributed by atoms with Crippen LogP contribution < -0.4 is 4.74 Å². The van der Waals surface area contributed by atoms with Crippen molar-refractivity contribution in [1.29, 1.82) is 0 Å². The van der Waals surface area contributed by atoms with E-state index in [4.69, 9.17) is 21.1 Å². The molecule has 40 heavy (non-hydrogen) atoms. The van der Waals surface area contributed by atoms with Gasteiger partial charge in [-0.3, -0.25) is 0 Å². The van der Waals surface area contributed by atoms with Gasteiger partial charge in [-0.15, -0.1) is 5.01 Å². The first-order valence-electron chi connectivity index (χ1n) is 11.9. The summed E-state index contributed by atoms with van der Waals surface area (Å²) >= 11 is 6.31. The van der Waals surface area contributed by atoms with Crippen LogP contribution in [0.5, 0.6) is 5.75 Å². The number of hydrogen-bond acceptors (Lipinski definition) is 7. The molecule has 0 saturated carbocycles. The first-order valence-corrected chi connectivity index (χ1v) is 12.2. The second-order valence-electron chi connectivity index (χ2n) is 9.89. The van der Waals surface area contributed by atoms with Crippen molar-refractivity contribution in [3.05, 3.63) is 75.0 Å². The van der Waals surface area contributed by atoms with Crippen LogP contribution in [-0.2, 0) is 31.0 Å². The summed E-state index contributed by atoms with van der Waals surface area (Å²) in [6.07, 6.45) is -6.67. The van der Waals surface area contributed by atoms with Crippen molar-refractivity contribution >= 4 is 29.6 Å². The van der Waals surface area contributed by atoms with Crippen LogP contribution in [0, 0.1) is 5.21 Å².